The van der Waals surface area contributed by atoms with E-state index in [1.165, 1.54) is 0 Å². The zero-order chi connectivity index (χ0) is 12.7. The van der Waals surface area contributed by atoms with Gasteiger partial charge in [-0.25, -0.2) is 0 Å². The summed E-state index contributed by atoms with van der Waals surface area (Å²) in [6, 6.07) is 13.3. The molecule has 0 spiro atoms. The largest absolute Gasteiger partial charge is 0.355 e. The normalized spacial score (nSPS) is 11.1. The van der Waals surface area contributed by atoms with Gasteiger partial charge in [0.05, 0.1) is 10.0 Å². The van der Waals surface area contributed by atoms with Crippen LogP contribution in [0.5, 0.6) is 0 Å². The first kappa shape index (κ1) is 11.9. The number of aromatic amines is 1. The molecule has 0 radical (unpaired) electrons. The van der Waals surface area contributed by atoms with Gasteiger partial charge in [-0.15, -0.1) is 0 Å². The number of halogens is 3. The number of aromatic nitrogens is 1. The lowest BCUT2D eigenvalue weighted by Crippen LogP contribution is -1.77. The van der Waals surface area contributed by atoms with Gasteiger partial charge in [-0.05, 0) is 42.0 Å². The molecule has 2 aromatic carbocycles. The van der Waals surface area contributed by atoms with Crippen LogP contribution < -0.4 is 0 Å². The zero-order valence-corrected chi connectivity index (χ0v) is 11.4. The Hall–Kier alpha value is -1.15. The Bertz CT molecular complexity index is 731. The minimum Gasteiger partial charge on any atom is -0.355 e. The fraction of sp³-hybridized carbons (Fsp3) is 0. The summed E-state index contributed by atoms with van der Waals surface area (Å²) in [6.45, 7) is 0. The van der Waals surface area contributed by atoms with Crippen LogP contribution in [0.1, 0.15) is 0 Å². The third kappa shape index (κ3) is 2.10. The fourth-order valence-corrected chi connectivity index (χ4v) is 2.40. The highest BCUT2D eigenvalue weighted by molar-refractivity contribution is 6.42. The molecule has 0 saturated carbocycles. The average molecular weight is 297 g/mol. The highest BCUT2D eigenvalue weighted by Gasteiger charge is 2.06. The molecule has 0 amide bonds. The molecule has 1 nitrogen and oxygen atoms in total. The maximum Gasteiger partial charge on any atom is 0.0599 e. The van der Waals surface area contributed by atoms with Crippen LogP contribution in [0.3, 0.4) is 0 Å². The Labute approximate surface area is 119 Å². The van der Waals surface area contributed by atoms with Gasteiger partial charge in [0, 0.05) is 21.6 Å². The van der Waals surface area contributed by atoms with E-state index in [0.717, 1.165) is 27.2 Å². The molecule has 0 aliphatic rings. The van der Waals surface area contributed by atoms with Crippen molar-refractivity contribution in [2.24, 2.45) is 0 Å². The van der Waals surface area contributed by atoms with Crippen LogP contribution in [0.2, 0.25) is 15.1 Å². The van der Waals surface area contributed by atoms with E-state index >= 15 is 0 Å². The predicted molar refractivity (Wildman–Crippen MR) is 78.8 cm³/mol. The van der Waals surface area contributed by atoms with Gasteiger partial charge in [0.2, 0.25) is 0 Å². The molecule has 1 aromatic heterocycles. The van der Waals surface area contributed by atoms with Crippen molar-refractivity contribution < 1.29 is 0 Å². The van der Waals surface area contributed by atoms with E-state index in [1.807, 2.05) is 36.4 Å². The number of nitrogens with one attached hydrogen (secondary N) is 1. The number of benzene rings is 2. The van der Waals surface area contributed by atoms with Gasteiger partial charge in [-0.2, -0.15) is 0 Å². The second kappa shape index (κ2) is 4.51. The molecular formula is C14H8Cl3N. The Morgan fingerprint density at radius 3 is 2.39 bits per heavy atom. The van der Waals surface area contributed by atoms with E-state index < -0.39 is 0 Å². The standard InChI is InChI=1S/C14H8Cl3N/c15-10-2-4-13-9(5-10)7-14(18-13)8-1-3-11(16)12(17)6-8/h1-7,18H. The molecule has 4 heteroatoms. The van der Waals surface area contributed by atoms with Crippen molar-refractivity contribution in [1.29, 1.82) is 0 Å². The first-order chi connectivity index (χ1) is 8.63. The molecule has 18 heavy (non-hydrogen) atoms. The van der Waals surface area contributed by atoms with Crippen molar-refractivity contribution in [3.63, 3.8) is 0 Å². The van der Waals surface area contributed by atoms with Crippen molar-refractivity contribution in [2.75, 3.05) is 0 Å². The van der Waals surface area contributed by atoms with E-state index in [0.29, 0.717) is 10.0 Å². The first-order valence-corrected chi connectivity index (χ1v) is 6.50. The van der Waals surface area contributed by atoms with Crippen LogP contribution in [-0.2, 0) is 0 Å². The van der Waals surface area contributed by atoms with Gasteiger partial charge in [-0.3, -0.25) is 0 Å². The van der Waals surface area contributed by atoms with Gasteiger partial charge in [0.1, 0.15) is 0 Å². The van der Waals surface area contributed by atoms with Crippen LogP contribution in [0, 0.1) is 0 Å². The topological polar surface area (TPSA) is 15.8 Å². The molecule has 0 fully saturated rings. The predicted octanol–water partition coefficient (Wildman–Crippen LogP) is 5.80. The lowest BCUT2D eigenvalue weighted by molar-refractivity contribution is 1.45. The Balaban J connectivity index is 2.16. The van der Waals surface area contributed by atoms with Crippen LogP contribution in [0.4, 0.5) is 0 Å². The molecule has 0 atom stereocenters. The minimum absolute atomic E-state index is 0.547. The maximum absolute atomic E-state index is 6.02. The monoisotopic (exact) mass is 295 g/mol. The molecule has 0 saturated heterocycles. The summed E-state index contributed by atoms with van der Waals surface area (Å²) < 4.78 is 0. The fourth-order valence-electron chi connectivity index (χ4n) is 1.92. The Kier molecular flexibility index (Phi) is 2.98. The highest BCUT2D eigenvalue weighted by atomic mass is 35.5. The van der Waals surface area contributed by atoms with E-state index in [1.54, 1.807) is 6.07 Å². The smallest absolute Gasteiger partial charge is 0.0599 e. The molecule has 0 unspecified atom stereocenters. The zero-order valence-electron chi connectivity index (χ0n) is 9.18. The third-order valence-corrected chi connectivity index (χ3v) is 3.79. The molecule has 3 rings (SSSR count). The molecule has 0 aliphatic carbocycles. The number of hydrogen-bond donors (Lipinski definition) is 1. The summed E-state index contributed by atoms with van der Waals surface area (Å²) in [5.41, 5.74) is 3.03. The second-order valence-electron chi connectivity index (χ2n) is 4.04. The highest BCUT2D eigenvalue weighted by Crippen LogP contribution is 2.30. The number of H-pyrrole nitrogens is 1. The van der Waals surface area contributed by atoms with Gasteiger partial charge in [0.25, 0.3) is 0 Å². The van der Waals surface area contributed by atoms with Crippen molar-refractivity contribution >= 4 is 45.7 Å². The van der Waals surface area contributed by atoms with Gasteiger partial charge < -0.3 is 4.98 Å². The number of rotatable bonds is 1. The van der Waals surface area contributed by atoms with Crippen molar-refractivity contribution in [3.05, 3.63) is 57.5 Å². The summed E-state index contributed by atoms with van der Waals surface area (Å²) in [5.74, 6) is 0. The Morgan fingerprint density at radius 1 is 0.778 bits per heavy atom. The Morgan fingerprint density at radius 2 is 1.61 bits per heavy atom. The van der Waals surface area contributed by atoms with Crippen LogP contribution in [0.25, 0.3) is 22.2 Å². The second-order valence-corrected chi connectivity index (χ2v) is 5.29. The average Bonchev–Trinajstić information content (AvgIpc) is 2.75. The molecule has 90 valence electrons. The van der Waals surface area contributed by atoms with Crippen LogP contribution in [0.15, 0.2) is 42.5 Å². The lowest BCUT2D eigenvalue weighted by Gasteiger charge is -2.00. The third-order valence-electron chi connectivity index (χ3n) is 2.81. The summed E-state index contributed by atoms with van der Waals surface area (Å²) in [5, 5.41) is 2.90. The molecule has 1 N–H and O–H groups in total. The molecular weight excluding hydrogens is 289 g/mol. The lowest BCUT2D eigenvalue weighted by atomic mass is 10.1. The molecule has 0 bridgehead atoms. The first-order valence-electron chi connectivity index (χ1n) is 5.37. The SMILES string of the molecule is Clc1ccc2[nH]c(-c3ccc(Cl)c(Cl)c3)cc2c1. The van der Waals surface area contributed by atoms with E-state index in [9.17, 15) is 0 Å². The summed E-state index contributed by atoms with van der Waals surface area (Å²) in [7, 11) is 0. The van der Waals surface area contributed by atoms with Crippen molar-refractivity contribution in [1.82, 2.24) is 4.98 Å². The van der Waals surface area contributed by atoms with E-state index in [2.05, 4.69) is 4.98 Å². The summed E-state index contributed by atoms with van der Waals surface area (Å²) >= 11 is 17.9. The van der Waals surface area contributed by atoms with Crippen molar-refractivity contribution in [2.45, 2.75) is 0 Å². The molecule has 1 heterocycles. The number of hydrogen-bond acceptors (Lipinski definition) is 0. The maximum atomic E-state index is 6.02. The summed E-state index contributed by atoms with van der Waals surface area (Å²) in [4.78, 5) is 3.33. The molecule has 3 aromatic rings. The van der Waals surface area contributed by atoms with Crippen molar-refractivity contribution in [3.8, 4) is 11.3 Å². The van der Waals surface area contributed by atoms with Crippen LogP contribution >= 0.6 is 34.8 Å². The summed E-state index contributed by atoms with van der Waals surface area (Å²) in [6.07, 6.45) is 0. The molecule has 0 aliphatic heterocycles. The van der Waals surface area contributed by atoms with Crippen LogP contribution in [-0.4, -0.2) is 4.98 Å². The van der Waals surface area contributed by atoms with E-state index in [4.69, 9.17) is 34.8 Å². The quantitative estimate of drug-likeness (QED) is 0.584. The number of fused-ring (bicyclic) bond motifs is 1. The van der Waals surface area contributed by atoms with Gasteiger partial charge in [-0.1, -0.05) is 40.9 Å². The van der Waals surface area contributed by atoms with Gasteiger partial charge in [0.15, 0.2) is 0 Å². The van der Waals surface area contributed by atoms with E-state index in [-0.39, 0.29) is 0 Å². The minimum atomic E-state index is 0.547. The van der Waals surface area contributed by atoms with Gasteiger partial charge >= 0.3 is 0 Å².